The fraction of sp³-hybridized carbons (Fsp3) is 0. The van der Waals surface area contributed by atoms with Crippen molar-refractivity contribution in [3.05, 3.63) is 239 Å². The van der Waals surface area contributed by atoms with Gasteiger partial charge in [0.1, 0.15) is 0 Å². The second-order valence-corrected chi connectivity index (χ2v) is 13.9. The molecule has 59 heavy (non-hydrogen) atoms. The number of aromatic nitrogens is 4. The zero-order chi connectivity index (χ0) is 38.4. The van der Waals surface area contributed by atoms with Crippen LogP contribution in [0.5, 0.6) is 0 Å². The molecule has 0 radical (unpaired) electrons. The maximum Gasteiger partial charge on any atom is 2.00 e. The van der Waals surface area contributed by atoms with Crippen LogP contribution in [0.15, 0.2) is 213 Å². The van der Waals surface area contributed by atoms with Gasteiger partial charge in [-0.3, -0.25) is 0 Å². The van der Waals surface area contributed by atoms with Crippen molar-refractivity contribution in [1.82, 2.24) is 19.9 Å². The minimum Gasteiger partial charge on any atom is -0.432 e. The average molecular weight is 938 g/mol. The van der Waals surface area contributed by atoms with Crippen molar-refractivity contribution in [3.8, 4) is 22.5 Å². The van der Waals surface area contributed by atoms with Crippen LogP contribution in [-0.2, 0) is 21.1 Å². The van der Waals surface area contributed by atoms with Crippen LogP contribution in [0.3, 0.4) is 0 Å². The summed E-state index contributed by atoms with van der Waals surface area (Å²) in [5, 5.41) is 0. The maximum atomic E-state index is 5.38. The Labute approximate surface area is 354 Å². The van der Waals surface area contributed by atoms with Crippen molar-refractivity contribution in [1.29, 1.82) is 0 Å². The van der Waals surface area contributed by atoms with Gasteiger partial charge in [-0.1, -0.05) is 182 Å². The number of hydrogen-bond acceptors (Lipinski definition) is 6. The van der Waals surface area contributed by atoms with Crippen molar-refractivity contribution < 1.29 is 21.1 Å². The van der Waals surface area contributed by atoms with Gasteiger partial charge >= 0.3 is 21.1 Å². The normalized spacial score (nSPS) is 14.2. The first kappa shape index (κ1) is 36.0. The van der Waals surface area contributed by atoms with Crippen LogP contribution in [0.4, 0.5) is 0 Å². The van der Waals surface area contributed by atoms with Crippen molar-refractivity contribution in [3.63, 3.8) is 0 Å². The standard InChI is InChI=1S/C50H30N8.Pt/c1-7-19-31(20-8-1)37-43-39(33-23-11-3-12-24-33)51-47(55-43)49-53-41(35-27-15-5-16-28-35)45(57-49)38(32-21-9-2-10-22-32)46-42(36-29-17-6-18-30-36)54-50(58-46)48-52-40(44(37)56-48)34-25-13-4-14-26-34;/h1-30H;/q-2;+2. The van der Waals surface area contributed by atoms with E-state index in [0.29, 0.717) is 68.9 Å². The van der Waals surface area contributed by atoms with E-state index >= 15 is 0 Å². The summed E-state index contributed by atoms with van der Waals surface area (Å²) in [5.74, 6) is 1.59. The molecule has 0 aliphatic carbocycles. The van der Waals surface area contributed by atoms with Gasteiger partial charge in [-0.25, -0.2) is 20.0 Å². The van der Waals surface area contributed by atoms with Crippen LogP contribution in [-0.4, -0.2) is 33.1 Å². The molecule has 9 heteroatoms. The Morgan fingerprint density at radius 1 is 0.305 bits per heavy atom. The molecule has 8 nitrogen and oxygen atoms in total. The topological polar surface area (TPSA) is 103 Å². The molecule has 0 saturated heterocycles. The molecule has 0 saturated carbocycles. The van der Waals surface area contributed by atoms with Crippen LogP contribution in [0.2, 0.25) is 0 Å². The number of imidazole rings is 2. The number of hydrogen-bond donors (Lipinski definition) is 0. The third kappa shape index (κ3) is 6.40. The molecule has 0 spiro atoms. The first-order valence-corrected chi connectivity index (χ1v) is 19.0. The number of rotatable bonds is 6. The van der Waals surface area contributed by atoms with Crippen LogP contribution in [0, 0.1) is 0 Å². The molecule has 280 valence electrons. The molecule has 3 aliphatic heterocycles. The van der Waals surface area contributed by atoms with E-state index in [9.17, 15) is 0 Å². The number of benzene rings is 6. The molecule has 0 unspecified atom stereocenters. The number of allylic oxidation sites excluding steroid dienone is 2. The van der Waals surface area contributed by atoms with Gasteiger partial charge in [0.2, 0.25) is 0 Å². The van der Waals surface area contributed by atoms with Crippen LogP contribution in [0.1, 0.15) is 45.3 Å². The summed E-state index contributed by atoms with van der Waals surface area (Å²) in [6.45, 7) is 0. The largest absolute Gasteiger partial charge is 2.00 e. The predicted molar refractivity (Wildman–Crippen MR) is 230 cm³/mol. The fourth-order valence-corrected chi connectivity index (χ4v) is 7.64. The molecule has 0 fully saturated rings. The van der Waals surface area contributed by atoms with Gasteiger partial charge in [-0.2, -0.15) is 0 Å². The summed E-state index contributed by atoms with van der Waals surface area (Å²) in [6, 6.07) is 60.8. The monoisotopic (exact) mass is 937 g/mol. The third-order valence-electron chi connectivity index (χ3n) is 10.3. The Morgan fingerprint density at radius 3 is 0.915 bits per heavy atom. The van der Waals surface area contributed by atoms with E-state index in [1.807, 2.05) is 158 Å². The molecule has 8 aromatic rings. The van der Waals surface area contributed by atoms with E-state index in [4.69, 9.17) is 39.9 Å². The summed E-state index contributed by atoms with van der Waals surface area (Å²) in [5.41, 5.74) is 12.3. The van der Waals surface area contributed by atoms with Gasteiger partial charge in [-0.05, 0) is 56.7 Å². The SMILES string of the molecule is [Pt+2].c1ccc(C2=NC3=NC2=C(c2ccccc2)c2[n-]c(nc2-c2ccccc2)C2=NC(=C(c4ccccc4)c4[n-]c3nc4-c3ccccc3)C(c3ccccc3)=N2)cc1. The molecule has 0 amide bonds. The maximum absolute atomic E-state index is 5.38. The number of nitrogens with zero attached hydrogens (tertiary/aromatic N) is 8. The Hall–Kier alpha value is -7.41. The van der Waals surface area contributed by atoms with E-state index < -0.39 is 0 Å². The molecule has 6 aromatic carbocycles. The molecule has 8 bridgehead atoms. The third-order valence-corrected chi connectivity index (χ3v) is 10.3. The Morgan fingerprint density at radius 2 is 0.593 bits per heavy atom. The van der Waals surface area contributed by atoms with Crippen molar-refractivity contribution in [2.75, 3.05) is 0 Å². The van der Waals surface area contributed by atoms with Gasteiger partial charge in [0.15, 0.2) is 11.7 Å². The first-order valence-electron chi connectivity index (χ1n) is 19.0. The van der Waals surface area contributed by atoms with Gasteiger partial charge in [0, 0.05) is 22.3 Å². The van der Waals surface area contributed by atoms with Crippen LogP contribution < -0.4 is 9.97 Å². The van der Waals surface area contributed by atoms with E-state index in [2.05, 4.69) is 24.3 Å². The Balaban J connectivity index is 0.00000420. The summed E-state index contributed by atoms with van der Waals surface area (Å²) in [6.07, 6.45) is 0. The summed E-state index contributed by atoms with van der Waals surface area (Å²) in [4.78, 5) is 42.7. The molecule has 3 aliphatic rings. The molecule has 2 aromatic heterocycles. The molecular formula is C50H30N8Pt. The molecule has 0 N–H and O–H groups in total. The van der Waals surface area contributed by atoms with Crippen LogP contribution >= 0.6 is 0 Å². The van der Waals surface area contributed by atoms with E-state index in [1.165, 1.54) is 0 Å². The van der Waals surface area contributed by atoms with E-state index in [-0.39, 0.29) is 21.1 Å². The molecule has 0 atom stereocenters. The van der Waals surface area contributed by atoms with E-state index in [1.54, 1.807) is 0 Å². The van der Waals surface area contributed by atoms with E-state index in [0.717, 1.165) is 44.5 Å². The Kier molecular flexibility index (Phi) is 9.24. The Bertz CT molecular complexity index is 2840. The van der Waals surface area contributed by atoms with Crippen molar-refractivity contribution in [2.45, 2.75) is 0 Å². The number of amidine groups is 2. The average Bonchev–Trinajstić information content (AvgIpc) is 4.12. The van der Waals surface area contributed by atoms with Crippen LogP contribution in [0.25, 0.3) is 33.7 Å². The van der Waals surface area contributed by atoms with Gasteiger partial charge in [0.25, 0.3) is 0 Å². The smallest absolute Gasteiger partial charge is 0.432 e. The van der Waals surface area contributed by atoms with Gasteiger partial charge in [-0.15, -0.1) is 0 Å². The molecule has 11 rings (SSSR count). The van der Waals surface area contributed by atoms with Crippen molar-refractivity contribution in [2.24, 2.45) is 20.0 Å². The predicted octanol–water partition coefficient (Wildman–Crippen LogP) is 9.45. The minimum absolute atomic E-state index is 0. The van der Waals surface area contributed by atoms with Crippen molar-refractivity contribution >= 4 is 34.2 Å². The van der Waals surface area contributed by atoms with Gasteiger partial charge in [0.05, 0.1) is 22.8 Å². The molecular weight excluding hydrogens is 908 g/mol. The molecule has 5 heterocycles. The van der Waals surface area contributed by atoms with Gasteiger partial charge < -0.3 is 19.9 Å². The number of fused-ring (bicyclic) bond motifs is 8. The zero-order valence-corrected chi connectivity index (χ0v) is 33.5. The quantitative estimate of drug-likeness (QED) is 0.166. The second-order valence-electron chi connectivity index (χ2n) is 13.9. The second kappa shape index (κ2) is 15.2. The summed E-state index contributed by atoms with van der Waals surface area (Å²) >= 11 is 0. The minimum atomic E-state index is 0. The zero-order valence-electron chi connectivity index (χ0n) is 31.2. The summed E-state index contributed by atoms with van der Waals surface area (Å²) in [7, 11) is 0. The number of aliphatic imine (C=N–C) groups is 4. The summed E-state index contributed by atoms with van der Waals surface area (Å²) < 4.78 is 0. The fourth-order valence-electron chi connectivity index (χ4n) is 7.64. The first-order chi connectivity index (χ1) is 28.8.